The molecule has 0 saturated heterocycles. The number of carbonyl (C=O) groups is 1. The van der Waals surface area contributed by atoms with Gasteiger partial charge in [0.2, 0.25) is 5.91 Å². The van der Waals surface area contributed by atoms with Gasteiger partial charge in [0.1, 0.15) is 5.82 Å². The minimum absolute atomic E-state index is 0.0878. The summed E-state index contributed by atoms with van der Waals surface area (Å²) in [6.45, 7) is 3.48. The third kappa shape index (κ3) is 7.63. The first-order valence-corrected chi connectivity index (χ1v) is 12.6. The summed E-state index contributed by atoms with van der Waals surface area (Å²) in [5.41, 5.74) is 3.05. The fourth-order valence-electron chi connectivity index (χ4n) is 4.41. The lowest BCUT2D eigenvalue weighted by Gasteiger charge is -2.24. The Kier molecular flexibility index (Phi) is 9.41. The maximum atomic E-state index is 13.5. The van der Waals surface area contributed by atoms with Crippen molar-refractivity contribution in [3.63, 3.8) is 0 Å². The van der Waals surface area contributed by atoms with Gasteiger partial charge in [-0.3, -0.25) is 14.8 Å². The zero-order valence-electron chi connectivity index (χ0n) is 20.5. The van der Waals surface area contributed by atoms with Gasteiger partial charge < -0.3 is 20.5 Å². The molecule has 0 saturated carbocycles. The molecule has 1 aliphatic heterocycles. The van der Waals surface area contributed by atoms with Crippen molar-refractivity contribution < 1.29 is 9.18 Å². The zero-order chi connectivity index (χ0) is 25.0. The largest absolute Gasteiger partial charge is 0.356 e. The molecule has 4 rings (SSSR count). The fourth-order valence-corrected chi connectivity index (χ4v) is 4.41. The summed E-state index contributed by atoms with van der Waals surface area (Å²) < 4.78 is 13.5. The smallest absolute Gasteiger partial charge is 0.224 e. The van der Waals surface area contributed by atoms with E-state index in [9.17, 15) is 9.18 Å². The number of halogens is 1. The van der Waals surface area contributed by atoms with Crippen LogP contribution in [-0.2, 0) is 11.2 Å². The third-order valence-electron chi connectivity index (χ3n) is 6.35. The lowest BCUT2D eigenvalue weighted by atomic mass is 9.90. The van der Waals surface area contributed by atoms with Gasteiger partial charge in [-0.1, -0.05) is 24.6 Å². The first kappa shape index (κ1) is 25.3. The van der Waals surface area contributed by atoms with Crippen molar-refractivity contribution in [2.75, 3.05) is 32.7 Å². The number of nitrogens with zero attached hydrogens (tertiary/aromatic N) is 4. The Morgan fingerprint density at radius 2 is 2.03 bits per heavy atom. The third-order valence-corrected chi connectivity index (χ3v) is 6.35. The number of hydrogen-bond donors (Lipinski definition) is 3. The van der Waals surface area contributed by atoms with Crippen LogP contribution >= 0.6 is 0 Å². The van der Waals surface area contributed by atoms with Crippen LogP contribution in [0.1, 0.15) is 48.6 Å². The number of amides is 1. The quantitative estimate of drug-likeness (QED) is 0.319. The van der Waals surface area contributed by atoms with Crippen LogP contribution in [0.3, 0.4) is 0 Å². The van der Waals surface area contributed by atoms with Crippen molar-refractivity contribution in [1.29, 1.82) is 0 Å². The van der Waals surface area contributed by atoms with E-state index in [2.05, 4.69) is 30.6 Å². The van der Waals surface area contributed by atoms with Crippen LogP contribution in [0, 0.1) is 5.82 Å². The highest BCUT2D eigenvalue weighted by molar-refractivity contribution is 5.82. The van der Waals surface area contributed by atoms with Crippen LogP contribution in [0.15, 0.2) is 66.2 Å². The van der Waals surface area contributed by atoms with Crippen LogP contribution < -0.4 is 10.6 Å². The Balaban J connectivity index is 1.32. The SMILES string of the molecule is O=C(CCNC1=NCCN1)N(CCCCC(c1ccc(F)cc1)c1ccccn1)CCc1cnc[nH]1. The molecule has 0 fully saturated rings. The van der Waals surface area contributed by atoms with Crippen molar-refractivity contribution in [3.8, 4) is 0 Å². The predicted molar refractivity (Wildman–Crippen MR) is 138 cm³/mol. The minimum Gasteiger partial charge on any atom is -0.356 e. The second-order valence-electron chi connectivity index (χ2n) is 8.90. The summed E-state index contributed by atoms with van der Waals surface area (Å²) in [4.78, 5) is 31.0. The van der Waals surface area contributed by atoms with Crippen LogP contribution in [-0.4, -0.2) is 64.4 Å². The molecule has 1 atom stereocenters. The van der Waals surface area contributed by atoms with Crippen LogP contribution in [0.4, 0.5) is 4.39 Å². The first-order chi connectivity index (χ1) is 17.7. The van der Waals surface area contributed by atoms with Gasteiger partial charge in [0.05, 0.1) is 12.9 Å². The number of aromatic amines is 1. The molecule has 3 heterocycles. The van der Waals surface area contributed by atoms with Gasteiger partial charge in [-0.15, -0.1) is 0 Å². The molecule has 8 nitrogen and oxygen atoms in total. The van der Waals surface area contributed by atoms with E-state index >= 15 is 0 Å². The van der Waals surface area contributed by atoms with Gasteiger partial charge in [-0.05, 0) is 42.7 Å². The average Bonchev–Trinajstić information content (AvgIpc) is 3.62. The summed E-state index contributed by atoms with van der Waals surface area (Å²) in [6.07, 6.45) is 9.07. The number of guanidine groups is 1. The van der Waals surface area contributed by atoms with Crippen molar-refractivity contribution in [1.82, 2.24) is 30.5 Å². The van der Waals surface area contributed by atoms with E-state index in [1.807, 2.05) is 35.2 Å². The van der Waals surface area contributed by atoms with Crippen molar-refractivity contribution >= 4 is 11.9 Å². The van der Waals surface area contributed by atoms with Crippen molar-refractivity contribution in [2.24, 2.45) is 4.99 Å². The standard InChI is InChI=1S/C27H34FN7O/c28-22-9-7-21(8-10-22)24(25-6-1-3-13-30-25)5-2-4-17-35(18-12-23-19-29-20-34-23)26(36)11-14-31-27-32-15-16-33-27/h1,3,6-10,13,19-20,24H,2,4-5,11-12,14-18H2,(H,29,34)(H2,31,32,33). The predicted octanol–water partition coefficient (Wildman–Crippen LogP) is 3.26. The number of aromatic nitrogens is 3. The van der Waals surface area contributed by atoms with E-state index in [0.29, 0.717) is 26.1 Å². The van der Waals surface area contributed by atoms with E-state index in [1.165, 1.54) is 12.1 Å². The number of pyridine rings is 1. The normalized spacial score (nSPS) is 13.6. The molecule has 190 valence electrons. The van der Waals surface area contributed by atoms with Gasteiger partial charge in [0, 0.05) is 68.7 Å². The number of rotatable bonds is 13. The summed E-state index contributed by atoms with van der Waals surface area (Å²) in [7, 11) is 0. The number of imidazole rings is 1. The highest BCUT2D eigenvalue weighted by Gasteiger charge is 2.18. The second-order valence-corrected chi connectivity index (χ2v) is 8.90. The van der Waals surface area contributed by atoms with Gasteiger partial charge in [-0.2, -0.15) is 0 Å². The lowest BCUT2D eigenvalue weighted by molar-refractivity contribution is -0.131. The number of aliphatic imine (C=N–C) groups is 1. The molecule has 9 heteroatoms. The summed E-state index contributed by atoms with van der Waals surface area (Å²) in [5.74, 6) is 0.744. The molecule has 3 N–H and O–H groups in total. The fraction of sp³-hybridized carbons (Fsp3) is 0.407. The lowest BCUT2D eigenvalue weighted by Crippen LogP contribution is -2.39. The Hall–Kier alpha value is -3.75. The molecule has 0 radical (unpaired) electrons. The Morgan fingerprint density at radius 3 is 2.75 bits per heavy atom. The molecule has 1 amide bonds. The van der Waals surface area contributed by atoms with Gasteiger partial charge in [0.15, 0.2) is 5.96 Å². The maximum absolute atomic E-state index is 13.5. The highest BCUT2D eigenvalue weighted by Crippen LogP contribution is 2.28. The van der Waals surface area contributed by atoms with Crippen LogP contribution in [0.2, 0.25) is 0 Å². The van der Waals surface area contributed by atoms with E-state index in [0.717, 1.165) is 61.7 Å². The zero-order valence-corrected chi connectivity index (χ0v) is 20.5. The van der Waals surface area contributed by atoms with E-state index < -0.39 is 0 Å². The number of benzene rings is 1. The molecule has 0 spiro atoms. The molecule has 36 heavy (non-hydrogen) atoms. The number of H-pyrrole nitrogens is 1. The molecule has 1 aromatic carbocycles. The number of carbonyl (C=O) groups excluding carboxylic acids is 1. The Labute approximate surface area is 211 Å². The average molecular weight is 492 g/mol. The Bertz CT molecular complexity index is 1090. The first-order valence-electron chi connectivity index (χ1n) is 12.6. The highest BCUT2D eigenvalue weighted by atomic mass is 19.1. The molecular formula is C27H34FN7O. The summed E-state index contributed by atoms with van der Waals surface area (Å²) in [5, 5.41) is 6.36. The number of unbranched alkanes of at least 4 members (excludes halogenated alkanes) is 1. The van der Waals surface area contributed by atoms with Crippen LogP contribution in [0.25, 0.3) is 0 Å². The number of nitrogens with one attached hydrogen (secondary N) is 3. The van der Waals surface area contributed by atoms with Gasteiger partial charge >= 0.3 is 0 Å². The summed E-state index contributed by atoms with van der Waals surface area (Å²) in [6, 6.07) is 12.6. The van der Waals surface area contributed by atoms with Crippen LogP contribution in [0.5, 0.6) is 0 Å². The van der Waals surface area contributed by atoms with Gasteiger partial charge in [0.25, 0.3) is 0 Å². The monoisotopic (exact) mass is 491 g/mol. The van der Waals surface area contributed by atoms with Crippen molar-refractivity contribution in [3.05, 3.63) is 84.0 Å². The molecular weight excluding hydrogens is 457 g/mol. The minimum atomic E-state index is -0.241. The number of hydrogen-bond acceptors (Lipinski definition) is 6. The van der Waals surface area contributed by atoms with E-state index in [-0.39, 0.29) is 17.6 Å². The van der Waals surface area contributed by atoms with Gasteiger partial charge in [-0.25, -0.2) is 9.37 Å². The van der Waals surface area contributed by atoms with E-state index in [4.69, 9.17) is 0 Å². The molecule has 0 aliphatic carbocycles. The molecule has 1 aliphatic rings. The Morgan fingerprint density at radius 1 is 1.14 bits per heavy atom. The maximum Gasteiger partial charge on any atom is 0.224 e. The molecule has 3 aromatic rings. The second kappa shape index (κ2) is 13.4. The van der Waals surface area contributed by atoms with E-state index in [1.54, 1.807) is 18.7 Å². The summed E-state index contributed by atoms with van der Waals surface area (Å²) >= 11 is 0. The molecule has 0 bridgehead atoms. The van der Waals surface area contributed by atoms with Crippen molar-refractivity contribution in [2.45, 2.75) is 38.0 Å². The molecule has 2 aromatic heterocycles. The topological polar surface area (TPSA) is 98.3 Å². The molecule has 1 unspecified atom stereocenters.